The third-order valence-corrected chi connectivity index (χ3v) is 3.28. The van der Waals surface area contributed by atoms with Gasteiger partial charge in [-0.2, -0.15) is 0 Å². The van der Waals surface area contributed by atoms with Gasteiger partial charge in [0.05, 0.1) is 7.11 Å². The minimum absolute atomic E-state index is 0.0217. The molecule has 2 aromatic rings. The average Bonchev–Trinajstić information content (AvgIpc) is 2.93. The van der Waals surface area contributed by atoms with Gasteiger partial charge in [0.15, 0.2) is 5.82 Å². The summed E-state index contributed by atoms with van der Waals surface area (Å²) in [7, 11) is 2.82. The van der Waals surface area contributed by atoms with Gasteiger partial charge in [-0.25, -0.2) is 14.3 Å². The van der Waals surface area contributed by atoms with Gasteiger partial charge in [0, 0.05) is 12.6 Å². The minimum Gasteiger partial charge on any atom is -0.477 e. The van der Waals surface area contributed by atoms with E-state index < -0.39 is 11.9 Å². The standard InChI is InChI=1S/C9H8N4O4S/c1-13-7(10-11-12-13)4-3-5(8(14)15)18-6(4)9(16)17-2/h3H,1-2H3,(H,14,15). The van der Waals surface area contributed by atoms with Gasteiger partial charge in [-0.3, -0.25) is 0 Å². The maximum Gasteiger partial charge on any atom is 0.348 e. The second-order valence-corrected chi connectivity index (χ2v) is 4.33. The molecule has 1 N–H and O–H groups in total. The zero-order chi connectivity index (χ0) is 13.3. The van der Waals surface area contributed by atoms with Crippen molar-refractivity contribution < 1.29 is 19.4 Å². The lowest BCUT2D eigenvalue weighted by atomic mass is 10.2. The van der Waals surface area contributed by atoms with E-state index in [9.17, 15) is 9.59 Å². The Hall–Kier alpha value is -2.29. The number of carbonyl (C=O) groups is 2. The van der Waals surface area contributed by atoms with Gasteiger partial charge >= 0.3 is 11.9 Å². The monoisotopic (exact) mass is 268 g/mol. The molecular formula is C9H8N4O4S. The van der Waals surface area contributed by atoms with Crippen LogP contribution in [-0.4, -0.2) is 44.4 Å². The number of esters is 1. The third kappa shape index (κ3) is 1.95. The summed E-state index contributed by atoms with van der Waals surface area (Å²) in [6.07, 6.45) is 0. The zero-order valence-corrected chi connectivity index (χ0v) is 10.3. The first-order chi connectivity index (χ1) is 8.54. The highest BCUT2D eigenvalue weighted by molar-refractivity contribution is 7.16. The van der Waals surface area contributed by atoms with Crippen molar-refractivity contribution in [3.8, 4) is 11.4 Å². The summed E-state index contributed by atoms with van der Waals surface area (Å²) >= 11 is 0.824. The first-order valence-corrected chi connectivity index (χ1v) is 5.54. The number of tetrazole rings is 1. The lowest BCUT2D eigenvalue weighted by Gasteiger charge is -1.99. The Bertz CT molecular complexity index is 618. The summed E-state index contributed by atoms with van der Waals surface area (Å²) in [6.45, 7) is 0. The van der Waals surface area contributed by atoms with E-state index in [0.717, 1.165) is 11.3 Å². The maximum absolute atomic E-state index is 11.6. The van der Waals surface area contributed by atoms with Crippen LogP contribution < -0.4 is 0 Å². The van der Waals surface area contributed by atoms with Gasteiger partial charge in [-0.15, -0.1) is 16.4 Å². The van der Waals surface area contributed by atoms with Crippen LogP contribution in [0.4, 0.5) is 0 Å². The Balaban J connectivity index is 2.61. The molecule has 0 saturated heterocycles. The first-order valence-electron chi connectivity index (χ1n) is 4.72. The molecule has 0 amide bonds. The van der Waals surface area contributed by atoms with Gasteiger partial charge in [0.2, 0.25) is 0 Å². The summed E-state index contributed by atoms with van der Waals surface area (Å²) in [4.78, 5) is 22.7. The Morgan fingerprint density at radius 3 is 2.72 bits per heavy atom. The largest absolute Gasteiger partial charge is 0.477 e. The first kappa shape index (κ1) is 12.2. The maximum atomic E-state index is 11.6. The molecule has 94 valence electrons. The van der Waals surface area contributed by atoms with Crippen LogP contribution in [0.15, 0.2) is 6.07 Å². The Morgan fingerprint density at radius 1 is 1.50 bits per heavy atom. The smallest absolute Gasteiger partial charge is 0.348 e. The van der Waals surface area contributed by atoms with Crippen molar-refractivity contribution in [3.63, 3.8) is 0 Å². The molecule has 9 heteroatoms. The third-order valence-electron chi connectivity index (χ3n) is 2.17. The van der Waals surface area contributed by atoms with Gasteiger partial charge in [0.1, 0.15) is 9.75 Å². The molecule has 2 heterocycles. The quantitative estimate of drug-likeness (QED) is 0.804. The SMILES string of the molecule is COC(=O)c1sc(C(=O)O)cc1-c1nnnn1C. The number of hydrogen-bond donors (Lipinski definition) is 1. The van der Waals surface area contributed by atoms with E-state index in [1.807, 2.05) is 0 Å². The van der Waals surface area contributed by atoms with E-state index in [-0.39, 0.29) is 9.75 Å². The fourth-order valence-electron chi connectivity index (χ4n) is 1.36. The van der Waals surface area contributed by atoms with Gasteiger partial charge in [0.25, 0.3) is 0 Å². The normalized spacial score (nSPS) is 10.3. The summed E-state index contributed by atoms with van der Waals surface area (Å²) in [5.41, 5.74) is 0.344. The number of carboxylic acid groups (broad SMARTS) is 1. The van der Waals surface area contributed by atoms with Crippen LogP contribution in [0, 0.1) is 0 Å². The van der Waals surface area contributed by atoms with Gasteiger partial charge in [-0.1, -0.05) is 0 Å². The van der Waals surface area contributed by atoms with Crippen LogP contribution in [0.25, 0.3) is 11.4 Å². The second kappa shape index (κ2) is 4.53. The highest BCUT2D eigenvalue weighted by Crippen LogP contribution is 2.30. The number of carboxylic acids is 1. The van der Waals surface area contributed by atoms with E-state index >= 15 is 0 Å². The van der Waals surface area contributed by atoms with Crippen molar-refractivity contribution in [3.05, 3.63) is 15.8 Å². The predicted octanol–water partition coefficient (Wildman–Crippen LogP) is 0.423. The molecule has 0 spiro atoms. The molecule has 8 nitrogen and oxygen atoms in total. The summed E-state index contributed by atoms with van der Waals surface area (Å²) < 4.78 is 5.96. The molecule has 0 radical (unpaired) electrons. The van der Waals surface area contributed by atoms with E-state index in [0.29, 0.717) is 11.4 Å². The van der Waals surface area contributed by atoms with Crippen molar-refractivity contribution in [1.29, 1.82) is 0 Å². The molecule has 2 rings (SSSR count). The number of hydrogen-bond acceptors (Lipinski definition) is 7. The fourth-order valence-corrected chi connectivity index (χ4v) is 2.28. The number of carbonyl (C=O) groups excluding carboxylic acids is 1. The van der Waals surface area contributed by atoms with Crippen molar-refractivity contribution in [2.75, 3.05) is 7.11 Å². The fraction of sp³-hybridized carbons (Fsp3) is 0.222. The number of ether oxygens (including phenoxy) is 1. The van der Waals surface area contributed by atoms with Crippen LogP contribution >= 0.6 is 11.3 Å². The molecule has 0 atom stereocenters. The van der Waals surface area contributed by atoms with Gasteiger partial charge in [-0.05, 0) is 16.5 Å². The van der Waals surface area contributed by atoms with Crippen LogP contribution in [0.2, 0.25) is 0 Å². The lowest BCUT2D eigenvalue weighted by Crippen LogP contribution is -2.02. The molecular weight excluding hydrogens is 260 g/mol. The molecule has 0 unspecified atom stereocenters. The summed E-state index contributed by atoms with van der Waals surface area (Å²) in [5, 5.41) is 19.8. The van der Waals surface area contributed by atoms with Crippen LogP contribution in [0.1, 0.15) is 19.3 Å². The molecule has 0 fully saturated rings. The minimum atomic E-state index is -1.12. The second-order valence-electron chi connectivity index (χ2n) is 3.28. The number of methoxy groups -OCH3 is 1. The van der Waals surface area contributed by atoms with Crippen LogP contribution in [-0.2, 0) is 11.8 Å². The average molecular weight is 268 g/mol. The van der Waals surface area contributed by atoms with Crippen molar-refractivity contribution >= 4 is 23.3 Å². The van der Waals surface area contributed by atoms with E-state index in [2.05, 4.69) is 20.3 Å². The molecule has 2 aromatic heterocycles. The number of nitrogens with zero attached hydrogens (tertiary/aromatic N) is 4. The number of aromatic nitrogens is 4. The number of aryl methyl sites for hydroxylation is 1. The highest BCUT2D eigenvalue weighted by atomic mass is 32.1. The van der Waals surface area contributed by atoms with E-state index in [1.165, 1.54) is 17.9 Å². The Labute approximate surface area is 105 Å². The molecule has 0 aliphatic heterocycles. The van der Waals surface area contributed by atoms with E-state index in [1.54, 1.807) is 7.05 Å². The number of thiophene rings is 1. The van der Waals surface area contributed by atoms with Crippen molar-refractivity contribution in [2.24, 2.45) is 7.05 Å². The predicted molar refractivity (Wildman–Crippen MR) is 60.4 cm³/mol. The molecule has 0 aliphatic carbocycles. The van der Waals surface area contributed by atoms with Gasteiger partial charge < -0.3 is 9.84 Å². The molecule has 0 bridgehead atoms. The van der Waals surface area contributed by atoms with Crippen molar-refractivity contribution in [2.45, 2.75) is 0 Å². The molecule has 0 aromatic carbocycles. The highest BCUT2D eigenvalue weighted by Gasteiger charge is 2.23. The number of rotatable bonds is 3. The Kier molecular flexibility index (Phi) is 3.06. The summed E-state index contributed by atoms with van der Waals surface area (Å²) in [5.74, 6) is -1.43. The van der Waals surface area contributed by atoms with Crippen molar-refractivity contribution in [1.82, 2.24) is 20.2 Å². The zero-order valence-electron chi connectivity index (χ0n) is 9.45. The molecule has 0 aliphatic rings. The summed E-state index contributed by atoms with van der Waals surface area (Å²) in [6, 6.07) is 1.35. The molecule has 18 heavy (non-hydrogen) atoms. The lowest BCUT2D eigenvalue weighted by molar-refractivity contribution is 0.0606. The molecule has 0 saturated carbocycles. The topological polar surface area (TPSA) is 107 Å². The van der Waals surface area contributed by atoms with E-state index in [4.69, 9.17) is 5.11 Å². The number of aromatic carboxylic acids is 1. The van der Waals surface area contributed by atoms with Crippen LogP contribution in [0.5, 0.6) is 0 Å². The Morgan fingerprint density at radius 2 is 2.22 bits per heavy atom. The van der Waals surface area contributed by atoms with Crippen LogP contribution in [0.3, 0.4) is 0 Å².